The third-order valence-corrected chi connectivity index (χ3v) is 4.47. The summed E-state index contributed by atoms with van der Waals surface area (Å²) < 4.78 is 6.18. The Morgan fingerprint density at radius 1 is 0.870 bits per heavy atom. The van der Waals surface area contributed by atoms with Crippen LogP contribution in [0.4, 0.5) is 0 Å². The lowest BCUT2D eigenvalue weighted by Gasteiger charge is -2.44. The summed E-state index contributed by atoms with van der Waals surface area (Å²) in [5, 5.41) is 0. The van der Waals surface area contributed by atoms with Gasteiger partial charge < -0.3 is 4.74 Å². The van der Waals surface area contributed by atoms with E-state index in [-0.39, 0.29) is 6.10 Å². The van der Waals surface area contributed by atoms with Crippen LogP contribution >= 0.6 is 0 Å². The molecule has 2 aliphatic rings. The Labute approximate surface area is 136 Å². The molecule has 0 bridgehead atoms. The molecule has 3 heteroatoms. The van der Waals surface area contributed by atoms with Gasteiger partial charge in [0.25, 0.3) is 0 Å². The van der Waals surface area contributed by atoms with Crippen LogP contribution in [-0.4, -0.2) is 11.9 Å². The van der Waals surface area contributed by atoms with Crippen molar-refractivity contribution in [3.63, 3.8) is 0 Å². The van der Waals surface area contributed by atoms with Crippen LogP contribution in [0, 0.1) is 0 Å². The van der Waals surface area contributed by atoms with Gasteiger partial charge in [0.05, 0.1) is 0 Å². The first-order chi connectivity index (χ1) is 11.1. The average Bonchev–Trinajstić information content (AvgIpc) is 2.95. The molecular weight excluding hydrogens is 288 g/mol. The number of hydrogen-bond donors (Lipinski definition) is 0. The largest absolute Gasteiger partial charge is 0.337 e. The predicted molar refractivity (Wildman–Crippen MR) is 88.3 cm³/mol. The zero-order valence-electron chi connectivity index (χ0n) is 13.4. The summed E-state index contributed by atoms with van der Waals surface area (Å²) in [7, 11) is 0. The Morgan fingerprint density at radius 2 is 1.52 bits per heavy atom. The van der Waals surface area contributed by atoms with Crippen molar-refractivity contribution in [1.29, 1.82) is 0 Å². The van der Waals surface area contributed by atoms with Gasteiger partial charge in [-0.2, -0.15) is 0 Å². The van der Waals surface area contributed by atoms with E-state index in [2.05, 4.69) is 42.5 Å². The standard InChI is InChI=1S/C20H20O3/c1-19(2)21-18-13-16(15-9-5-3-6-10-15)14-20(18,23-22-19)17-11-7-4-8-12-17/h3-13,18H,14H2,1-2H3/t18-,20-/m0/s1. The van der Waals surface area contributed by atoms with Gasteiger partial charge in [-0.3, -0.25) is 0 Å². The van der Waals surface area contributed by atoms with Crippen molar-refractivity contribution in [3.8, 4) is 0 Å². The van der Waals surface area contributed by atoms with Crippen molar-refractivity contribution in [3.05, 3.63) is 77.9 Å². The van der Waals surface area contributed by atoms with Gasteiger partial charge in [-0.25, -0.2) is 9.78 Å². The highest BCUT2D eigenvalue weighted by atomic mass is 17.2. The van der Waals surface area contributed by atoms with Crippen LogP contribution in [0.1, 0.15) is 31.4 Å². The number of benzene rings is 2. The monoisotopic (exact) mass is 308 g/mol. The van der Waals surface area contributed by atoms with Crippen LogP contribution in [0.25, 0.3) is 5.57 Å². The molecule has 0 saturated carbocycles. The Balaban J connectivity index is 1.77. The van der Waals surface area contributed by atoms with E-state index < -0.39 is 11.4 Å². The number of rotatable bonds is 2. The van der Waals surface area contributed by atoms with Crippen LogP contribution in [0.3, 0.4) is 0 Å². The molecule has 3 nitrogen and oxygen atoms in total. The second-order valence-corrected chi connectivity index (χ2v) is 6.60. The molecule has 1 saturated heterocycles. The summed E-state index contributed by atoms with van der Waals surface area (Å²) >= 11 is 0. The van der Waals surface area contributed by atoms with Gasteiger partial charge in [0, 0.05) is 6.42 Å². The fraction of sp³-hybridized carbons (Fsp3) is 0.300. The van der Waals surface area contributed by atoms with Crippen molar-refractivity contribution in [2.75, 3.05) is 0 Å². The van der Waals surface area contributed by atoms with Crippen molar-refractivity contribution >= 4 is 5.57 Å². The minimum absolute atomic E-state index is 0.177. The number of fused-ring (bicyclic) bond motifs is 1. The minimum Gasteiger partial charge on any atom is -0.337 e. The van der Waals surface area contributed by atoms with E-state index in [9.17, 15) is 0 Å². The van der Waals surface area contributed by atoms with Crippen molar-refractivity contribution in [2.45, 2.75) is 37.8 Å². The van der Waals surface area contributed by atoms with Gasteiger partial charge in [-0.1, -0.05) is 60.7 Å². The summed E-state index contributed by atoms with van der Waals surface area (Å²) in [5.41, 5.74) is 2.87. The van der Waals surface area contributed by atoms with Crippen LogP contribution in [-0.2, 0) is 20.1 Å². The van der Waals surface area contributed by atoms with Gasteiger partial charge in [0.15, 0.2) is 11.4 Å². The Kier molecular flexibility index (Phi) is 3.38. The predicted octanol–water partition coefficient (Wildman–Crippen LogP) is 4.45. The normalized spacial score (nSPS) is 29.0. The molecule has 1 aliphatic carbocycles. The fourth-order valence-electron chi connectivity index (χ4n) is 3.35. The molecule has 0 amide bonds. The minimum atomic E-state index is -0.758. The quantitative estimate of drug-likeness (QED) is 0.767. The average molecular weight is 308 g/mol. The van der Waals surface area contributed by atoms with E-state index in [4.69, 9.17) is 14.5 Å². The van der Waals surface area contributed by atoms with Gasteiger partial charge in [-0.15, -0.1) is 0 Å². The molecular formula is C20H20O3. The first-order valence-corrected chi connectivity index (χ1v) is 7.95. The lowest BCUT2D eigenvalue weighted by Crippen LogP contribution is -2.51. The van der Waals surface area contributed by atoms with E-state index in [1.54, 1.807) is 0 Å². The Morgan fingerprint density at radius 3 is 2.22 bits per heavy atom. The third-order valence-electron chi connectivity index (χ3n) is 4.47. The first kappa shape index (κ1) is 14.6. The van der Waals surface area contributed by atoms with Gasteiger partial charge >= 0.3 is 0 Å². The highest BCUT2D eigenvalue weighted by Gasteiger charge is 2.54. The van der Waals surface area contributed by atoms with Crippen LogP contribution < -0.4 is 0 Å². The lowest BCUT2D eigenvalue weighted by atomic mass is 9.87. The van der Waals surface area contributed by atoms with Crippen molar-refractivity contribution in [2.24, 2.45) is 0 Å². The summed E-state index contributed by atoms with van der Waals surface area (Å²) in [4.78, 5) is 11.5. The summed E-state index contributed by atoms with van der Waals surface area (Å²) in [5.74, 6) is -0.758. The molecule has 0 N–H and O–H groups in total. The Bertz CT molecular complexity index is 721. The van der Waals surface area contributed by atoms with Crippen LogP contribution in [0.2, 0.25) is 0 Å². The molecule has 2 aromatic carbocycles. The van der Waals surface area contributed by atoms with Crippen molar-refractivity contribution in [1.82, 2.24) is 0 Å². The first-order valence-electron chi connectivity index (χ1n) is 7.95. The molecule has 118 valence electrons. The zero-order chi connectivity index (χ0) is 15.9. The highest BCUT2D eigenvalue weighted by Crippen LogP contribution is 2.50. The molecule has 1 heterocycles. The summed E-state index contributed by atoms with van der Waals surface area (Å²) in [6.45, 7) is 3.74. The molecule has 0 aromatic heterocycles. The molecule has 23 heavy (non-hydrogen) atoms. The molecule has 4 rings (SSSR count). The molecule has 1 aliphatic heterocycles. The summed E-state index contributed by atoms with van der Waals surface area (Å²) in [6.07, 6.45) is 2.72. The second-order valence-electron chi connectivity index (χ2n) is 6.60. The molecule has 0 unspecified atom stereocenters. The lowest BCUT2D eigenvalue weighted by molar-refractivity contribution is -0.517. The zero-order valence-corrected chi connectivity index (χ0v) is 13.4. The third kappa shape index (κ3) is 2.51. The second kappa shape index (κ2) is 5.31. The maximum Gasteiger partial charge on any atom is 0.196 e. The van der Waals surface area contributed by atoms with Gasteiger partial charge in [0.1, 0.15) is 6.10 Å². The topological polar surface area (TPSA) is 27.7 Å². The maximum atomic E-state index is 6.18. The summed E-state index contributed by atoms with van der Waals surface area (Å²) in [6, 6.07) is 20.5. The van der Waals surface area contributed by atoms with E-state index in [1.165, 1.54) is 11.1 Å². The van der Waals surface area contributed by atoms with Crippen LogP contribution in [0.15, 0.2) is 66.7 Å². The molecule has 0 spiro atoms. The van der Waals surface area contributed by atoms with Gasteiger partial charge in [-0.05, 0) is 36.6 Å². The Hall–Kier alpha value is -1.94. The number of hydrogen-bond acceptors (Lipinski definition) is 3. The van der Waals surface area contributed by atoms with Crippen molar-refractivity contribution < 1.29 is 14.5 Å². The number of ether oxygens (including phenoxy) is 1. The molecule has 1 fully saturated rings. The van der Waals surface area contributed by atoms with E-state index in [1.807, 2.05) is 38.1 Å². The fourth-order valence-corrected chi connectivity index (χ4v) is 3.35. The van der Waals surface area contributed by atoms with Gasteiger partial charge in [0.2, 0.25) is 0 Å². The molecule has 0 radical (unpaired) electrons. The van der Waals surface area contributed by atoms with E-state index >= 15 is 0 Å². The molecule has 2 aromatic rings. The van der Waals surface area contributed by atoms with E-state index in [0.29, 0.717) is 0 Å². The SMILES string of the molecule is CC1(C)OO[C@]2(c3ccccc3)CC(c3ccccc3)=C[C@@H]2O1. The maximum absolute atomic E-state index is 6.18. The molecule has 2 atom stereocenters. The highest BCUT2D eigenvalue weighted by molar-refractivity contribution is 5.70. The van der Waals surface area contributed by atoms with Crippen LogP contribution in [0.5, 0.6) is 0 Å². The smallest absolute Gasteiger partial charge is 0.196 e. The van der Waals surface area contributed by atoms with E-state index in [0.717, 1.165) is 12.0 Å².